The highest BCUT2D eigenvalue weighted by atomic mass is 19.4. The van der Waals surface area contributed by atoms with Gasteiger partial charge in [-0.05, 0) is 96.8 Å². The van der Waals surface area contributed by atoms with E-state index in [-0.39, 0.29) is 17.4 Å². The molecule has 0 aliphatic carbocycles. The fourth-order valence-electron chi connectivity index (χ4n) is 4.83. The van der Waals surface area contributed by atoms with Gasteiger partial charge in [-0.25, -0.2) is 4.79 Å². The number of aromatic nitrogens is 1. The minimum Gasteiger partial charge on any atom is -0.484 e. The summed E-state index contributed by atoms with van der Waals surface area (Å²) in [6, 6.07) is 11.2. The summed E-state index contributed by atoms with van der Waals surface area (Å²) < 4.78 is 42.5. The fourth-order valence-corrected chi connectivity index (χ4v) is 4.83. The number of aryl methyl sites for hydroxylation is 3. The third kappa shape index (κ3) is 5.82. The maximum Gasteiger partial charge on any atom is 0.422 e. The topological polar surface area (TPSA) is 71.5 Å². The third-order valence-corrected chi connectivity index (χ3v) is 6.34. The van der Waals surface area contributed by atoms with Gasteiger partial charge in [0.25, 0.3) is 0 Å². The van der Waals surface area contributed by atoms with Crippen LogP contribution in [0.15, 0.2) is 48.8 Å². The van der Waals surface area contributed by atoms with Crippen LogP contribution in [-0.4, -0.2) is 35.4 Å². The summed E-state index contributed by atoms with van der Waals surface area (Å²) in [5.74, 6) is -0.746. The molecule has 1 atom stereocenters. The standard InChI is InChI=1S/C27H27F3N2O3/c1-16-11-21(35-15-27(28,29)30)12-17(2)25(16)19-3-5-22-18(13-19)7-10-32-24(22)6-4-20-14-31-9-8-23(20)26(33)34/h3,5,8-9,11-14,24,32H,4,6-7,10,15H2,1-2H3,(H,33,34)/t24-/m0/s1. The Hall–Kier alpha value is -3.39. The summed E-state index contributed by atoms with van der Waals surface area (Å²) >= 11 is 0. The van der Waals surface area contributed by atoms with Crippen LogP contribution in [0.5, 0.6) is 5.75 Å². The first-order valence-corrected chi connectivity index (χ1v) is 11.5. The van der Waals surface area contributed by atoms with Crippen LogP contribution in [0, 0.1) is 13.8 Å². The second-order valence-corrected chi connectivity index (χ2v) is 8.88. The van der Waals surface area contributed by atoms with Crippen LogP contribution < -0.4 is 10.1 Å². The molecule has 4 rings (SSSR count). The number of rotatable bonds is 7. The number of ether oxygens (including phenoxy) is 1. The van der Waals surface area contributed by atoms with Gasteiger partial charge in [0.05, 0.1) is 5.56 Å². The molecule has 3 aromatic rings. The van der Waals surface area contributed by atoms with E-state index in [4.69, 9.17) is 4.74 Å². The van der Waals surface area contributed by atoms with Crippen LogP contribution in [-0.2, 0) is 12.8 Å². The Kier molecular flexibility index (Phi) is 7.12. The van der Waals surface area contributed by atoms with Gasteiger partial charge >= 0.3 is 12.1 Å². The van der Waals surface area contributed by atoms with E-state index in [0.717, 1.165) is 41.6 Å². The molecular formula is C27H27F3N2O3. The van der Waals surface area contributed by atoms with E-state index in [1.54, 1.807) is 18.3 Å². The van der Waals surface area contributed by atoms with Crippen LogP contribution in [0.4, 0.5) is 13.2 Å². The van der Waals surface area contributed by atoms with E-state index >= 15 is 0 Å². The average Bonchev–Trinajstić information content (AvgIpc) is 2.80. The highest BCUT2D eigenvalue weighted by Gasteiger charge is 2.28. The van der Waals surface area contributed by atoms with Crippen molar-refractivity contribution in [1.29, 1.82) is 0 Å². The molecule has 1 aliphatic rings. The molecule has 0 saturated carbocycles. The molecule has 0 spiro atoms. The van der Waals surface area contributed by atoms with Gasteiger partial charge in [-0.2, -0.15) is 13.2 Å². The number of pyridine rings is 1. The monoisotopic (exact) mass is 484 g/mol. The Morgan fingerprint density at radius 2 is 1.91 bits per heavy atom. The molecule has 8 heteroatoms. The number of halogens is 3. The van der Waals surface area contributed by atoms with Crippen molar-refractivity contribution < 1.29 is 27.8 Å². The molecule has 2 N–H and O–H groups in total. The van der Waals surface area contributed by atoms with E-state index in [9.17, 15) is 23.1 Å². The quantitative estimate of drug-likeness (QED) is 0.442. The molecule has 0 radical (unpaired) electrons. The number of carbonyl (C=O) groups is 1. The molecule has 0 amide bonds. The molecule has 1 aliphatic heterocycles. The third-order valence-electron chi connectivity index (χ3n) is 6.34. The van der Waals surface area contributed by atoms with E-state index in [1.807, 2.05) is 19.9 Å². The van der Waals surface area contributed by atoms with Crippen molar-refractivity contribution >= 4 is 5.97 Å². The lowest BCUT2D eigenvalue weighted by Gasteiger charge is -2.28. The van der Waals surface area contributed by atoms with Gasteiger partial charge in [-0.15, -0.1) is 0 Å². The molecular weight excluding hydrogens is 457 g/mol. The summed E-state index contributed by atoms with van der Waals surface area (Å²) in [5, 5.41) is 13.0. The first-order valence-electron chi connectivity index (χ1n) is 11.5. The lowest BCUT2D eigenvalue weighted by Crippen LogP contribution is -2.30. The number of carboxylic acid groups (broad SMARTS) is 1. The molecule has 0 saturated heterocycles. The fraction of sp³-hybridized carbons (Fsp3) is 0.333. The highest BCUT2D eigenvalue weighted by Crippen LogP contribution is 2.35. The van der Waals surface area contributed by atoms with E-state index in [2.05, 4.69) is 22.4 Å². The van der Waals surface area contributed by atoms with Crippen LogP contribution in [0.2, 0.25) is 0 Å². The minimum absolute atomic E-state index is 0.0926. The van der Waals surface area contributed by atoms with E-state index in [0.29, 0.717) is 12.0 Å². The average molecular weight is 485 g/mol. The molecule has 2 heterocycles. The predicted molar refractivity (Wildman–Crippen MR) is 127 cm³/mol. The summed E-state index contributed by atoms with van der Waals surface area (Å²) in [6.07, 6.45) is 0.909. The Morgan fingerprint density at radius 3 is 2.60 bits per heavy atom. The van der Waals surface area contributed by atoms with Gasteiger partial charge in [0.1, 0.15) is 5.75 Å². The van der Waals surface area contributed by atoms with Crippen molar-refractivity contribution in [3.63, 3.8) is 0 Å². The van der Waals surface area contributed by atoms with Crippen molar-refractivity contribution in [2.75, 3.05) is 13.2 Å². The Labute approximate surface area is 202 Å². The maximum absolute atomic E-state index is 12.5. The van der Waals surface area contributed by atoms with Crippen LogP contribution >= 0.6 is 0 Å². The Morgan fingerprint density at radius 1 is 1.17 bits per heavy atom. The maximum atomic E-state index is 12.5. The van der Waals surface area contributed by atoms with E-state index < -0.39 is 18.8 Å². The Balaban J connectivity index is 1.55. The molecule has 1 aromatic heterocycles. The number of hydrogen-bond acceptors (Lipinski definition) is 4. The summed E-state index contributed by atoms with van der Waals surface area (Å²) in [7, 11) is 0. The SMILES string of the molecule is Cc1cc(OCC(F)(F)F)cc(C)c1-c1ccc2c(c1)CCN[C@H]2CCc1cnccc1C(=O)O. The van der Waals surface area contributed by atoms with Gasteiger partial charge in [-0.3, -0.25) is 4.98 Å². The summed E-state index contributed by atoms with van der Waals surface area (Å²) in [4.78, 5) is 15.6. The Bertz CT molecular complexity index is 1220. The normalized spacial score (nSPS) is 15.5. The largest absolute Gasteiger partial charge is 0.484 e. The number of nitrogens with zero attached hydrogens (tertiary/aromatic N) is 1. The smallest absolute Gasteiger partial charge is 0.422 e. The molecule has 0 bridgehead atoms. The van der Waals surface area contributed by atoms with Gasteiger partial charge in [-0.1, -0.05) is 18.2 Å². The van der Waals surface area contributed by atoms with Crippen molar-refractivity contribution in [1.82, 2.24) is 10.3 Å². The van der Waals surface area contributed by atoms with E-state index in [1.165, 1.54) is 23.4 Å². The zero-order valence-corrected chi connectivity index (χ0v) is 19.6. The summed E-state index contributed by atoms with van der Waals surface area (Å²) in [5.41, 5.74) is 7.10. The number of carboxylic acids is 1. The number of benzene rings is 2. The second kappa shape index (κ2) is 10.1. The number of fused-ring (bicyclic) bond motifs is 1. The molecule has 2 aromatic carbocycles. The van der Waals surface area contributed by atoms with Gasteiger partial charge < -0.3 is 15.2 Å². The zero-order valence-electron chi connectivity index (χ0n) is 19.6. The van der Waals surface area contributed by atoms with Gasteiger partial charge in [0.2, 0.25) is 0 Å². The first-order chi connectivity index (χ1) is 16.6. The van der Waals surface area contributed by atoms with Crippen molar-refractivity contribution in [3.8, 4) is 16.9 Å². The molecule has 0 fully saturated rings. The lowest BCUT2D eigenvalue weighted by molar-refractivity contribution is -0.153. The molecule has 5 nitrogen and oxygen atoms in total. The molecule has 184 valence electrons. The van der Waals surface area contributed by atoms with Crippen molar-refractivity contribution in [2.24, 2.45) is 0 Å². The summed E-state index contributed by atoms with van der Waals surface area (Å²) in [6.45, 7) is 3.24. The van der Waals surface area contributed by atoms with Crippen molar-refractivity contribution in [3.05, 3.63) is 82.2 Å². The first kappa shape index (κ1) is 24.7. The lowest BCUT2D eigenvalue weighted by atomic mass is 9.86. The minimum atomic E-state index is -4.38. The van der Waals surface area contributed by atoms with Gasteiger partial charge in [0.15, 0.2) is 6.61 Å². The van der Waals surface area contributed by atoms with Crippen LogP contribution in [0.3, 0.4) is 0 Å². The molecule has 35 heavy (non-hydrogen) atoms. The predicted octanol–water partition coefficient (Wildman–Crippen LogP) is 5.82. The number of alkyl halides is 3. The number of aromatic carboxylic acids is 1. The number of hydrogen-bond donors (Lipinski definition) is 2. The van der Waals surface area contributed by atoms with Crippen LogP contribution in [0.25, 0.3) is 11.1 Å². The second-order valence-electron chi connectivity index (χ2n) is 8.88. The zero-order chi connectivity index (χ0) is 25.2. The highest BCUT2D eigenvalue weighted by molar-refractivity contribution is 5.89. The van der Waals surface area contributed by atoms with Crippen LogP contribution in [0.1, 0.15) is 50.6 Å². The molecule has 0 unspecified atom stereocenters. The van der Waals surface area contributed by atoms with Gasteiger partial charge in [0, 0.05) is 18.4 Å². The van der Waals surface area contributed by atoms with Crippen molar-refractivity contribution in [2.45, 2.75) is 45.3 Å². The number of nitrogens with one attached hydrogen (secondary N) is 1.